The molecule has 0 aliphatic carbocycles. The van der Waals surface area contributed by atoms with Crippen LogP contribution in [0.3, 0.4) is 0 Å². The number of aryl methyl sites for hydroxylation is 2. The molecular formula is C13H14N4O. The lowest BCUT2D eigenvalue weighted by Crippen LogP contribution is -2.05. The van der Waals surface area contributed by atoms with E-state index < -0.39 is 0 Å². The van der Waals surface area contributed by atoms with Gasteiger partial charge in [0.2, 0.25) is 0 Å². The molecule has 0 amide bonds. The van der Waals surface area contributed by atoms with E-state index in [1.54, 1.807) is 12.1 Å². The Morgan fingerprint density at radius 3 is 2.72 bits per heavy atom. The van der Waals surface area contributed by atoms with Crippen LogP contribution in [0, 0.1) is 25.2 Å². The van der Waals surface area contributed by atoms with Crippen molar-refractivity contribution < 1.29 is 4.74 Å². The molecule has 0 aliphatic rings. The fourth-order valence-electron chi connectivity index (χ4n) is 1.54. The van der Waals surface area contributed by atoms with Crippen LogP contribution in [0.1, 0.15) is 22.8 Å². The van der Waals surface area contributed by atoms with Gasteiger partial charge in [0.25, 0.3) is 0 Å². The van der Waals surface area contributed by atoms with Crippen molar-refractivity contribution in [1.29, 1.82) is 5.26 Å². The van der Waals surface area contributed by atoms with E-state index in [1.165, 1.54) is 0 Å². The monoisotopic (exact) mass is 242 g/mol. The van der Waals surface area contributed by atoms with E-state index >= 15 is 0 Å². The van der Waals surface area contributed by atoms with Crippen LogP contribution in [0.5, 0.6) is 5.75 Å². The van der Waals surface area contributed by atoms with Gasteiger partial charge in [-0.15, -0.1) is 10.2 Å². The largest absolute Gasteiger partial charge is 0.485 e. The summed E-state index contributed by atoms with van der Waals surface area (Å²) in [6.45, 7) is 4.17. The van der Waals surface area contributed by atoms with Gasteiger partial charge in [-0.2, -0.15) is 5.26 Å². The first kappa shape index (κ1) is 12.1. The number of rotatable bonds is 3. The average Bonchev–Trinajstić information content (AvgIpc) is 2.69. The molecule has 0 aliphatic heterocycles. The molecule has 0 atom stereocenters. The van der Waals surface area contributed by atoms with E-state index in [4.69, 9.17) is 10.00 Å². The lowest BCUT2D eigenvalue weighted by Gasteiger charge is -2.08. The van der Waals surface area contributed by atoms with Crippen LogP contribution in [0.2, 0.25) is 0 Å². The normalized spacial score (nSPS) is 10.1. The molecule has 0 N–H and O–H groups in total. The Labute approximate surface area is 106 Å². The topological polar surface area (TPSA) is 63.7 Å². The van der Waals surface area contributed by atoms with Gasteiger partial charge in [0.1, 0.15) is 18.2 Å². The number of hydrogen-bond acceptors (Lipinski definition) is 4. The van der Waals surface area contributed by atoms with Crippen molar-refractivity contribution in [2.24, 2.45) is 7.05 Å². The zero-order chi connectivity index (χ0) is 13.1. The summed E-state index contributed by atoms with van der Waals surface area (Å²) >= 11 is 0. The molecular weight excluding hydrogens is 228 g/mol. The van der Waals surface area contributed by atoms with E-state index in [2.05, 4.69) is 16.3 Å². The van der Waals surface area contributed by atoms with Gasteiger partial charge in [-0.25, -0.2) is 0 Å². The maximum Gasteiger partial charge on any atom is 0.170 e. The summed E-state index contributed by atoms with van der Waals surface area (Å²) in [5.41, 5.74) is 1.58. The molecule has 0 spiro atoms. The number of nitrogens with zero attached hydrogens (tertiary/aromatic N) is 4. The number of ether oxygens (including phenoxy) is 1. The van der Waals surface area contributed by atoms with Crippen LogP contribution in [-0.2, 0) is 13.7 Å². The minimum absolute atomic E-state index is 0.340. The molecule has 0 saturated heterocycles. The van der Waals surface area contributed by atoms with Crippen LogP contribution >= 0.6 is 0 Å². The second-order valence-corrected chi connectivity index (χ2v) is 4.10. The first-order valence-corrected chi connectivity index (χ1v) is 5.60. The molecule has 2 rings (SSSR count). The van der Waals surface area contributed by atoms with Gasteiger partial charge in [0.15, 0.2) is 5.82 Å². The summed E-state index contributed by atoms with van der Waals surface area (Å²) in [6, 6.07) is 7.47. The maximum atomic E-state index is 8.85. The maximum absolute atomic E-state index is 8.85. The van der Waals surface area contributed by atoms with Gasteiger partial charge in [-0.3, -0.25) is 0 Å². The van der Waals surface area contributed by atoms with Crippen molar-refractivity contribution in [3.05, 3.63) is 41.0 Å². The summed E-state index contributed by atoms with van der Waals surface area (Å²) in [5.74, 6) is 2.31. The molecule has 0 fully saturated rings. The van der Waals surface area contributed by atoms with E-state index in [9.17, 15) is 0 Å². The zero-order valence-corrected chi connectivity index (χ0v) is 10.6. The van der Waals surface area contributed by atoms with Crippen molar-refractivity contribution in [3.8, 4) is 11.8 Å². The van der Waals surface area contributed by atoms with Crippen LogP contribution in [0.4, 0.5) is 0 Å². The highest BCUT2D eigenvalue weighted by Gasteiger charge is 2.07. The van der Waals surface area contributed by atoms with Gasteiger partial charge in [0, 0.05) is 7.05 Å². The first-order chi connectivity index (χ1) is 8.61. The van der Waals surface area contributed by atoms with Gasteiger partial charge in [0.05, 0.1) is 11.6 Å². The molecule has 0 radical (unpaired) electrons. The average molecular weight is 242 g/mol. The van der Waals surface area contributed by atoms with Crippen molar-refractivity contribution in [2.75, 3.05) is 0 Å². The van der Waals surface area contributed by atoms with E-state index in [0.29, 0.717) is 17.9 Å². The molecule has 92 valence electrons. The quantitative estimate of drug-likeness (QED) is 0.824. The van der Waals surface area contributed by atoms with Crippen molar-refractivity contribution >= 4 is 0 Å². The SMILES string of the molecule is Cc1ccc(C#N)cc1OCc1nnc(C)n1C. The summed E-state index contributed by atoms with van der Waals surface area (Å²) in [4.78, 5) is 0. The molecule has 1 heterocycles. The Hall–Kier alpha value is -2.35. The standard InChI is InChI=1S/C13H14N4O/c1-9-4-5-11(7-14)6-12(9)18-8-13-16-15-10(2)17(13)3/h4-6H,8H2,1-3H3. The number of hydrogen-bond donors (Lipinski definition) is 0. The third-order valence-corrected chi connectivity index (χ3v) is 2.86. The lowest BCUT2D eigenvalue weighted by molar-refractivity contribution is 0.289. The van der Waals surface area contributed by atoms with E-state index in [0.717, 1.165) is 17.2 Å². The minimum atomic E-state index is 0.340. The molecule has 2 aromatic rings. The van der Waals surface area contributed by atoms with Gasteiger partial charge < -0.3 is 9.30 Å². The molecule has 18 heavy (non-hydrogen) atoms. The fraction of sp³-hybridized carbons (Fsp3) is 0.308. The van der Waals surface area contributed by atoms with Crippen molar-refractivity contribution in [3.63, 3.8) is 0 Å². The zero-order valence-electron chi connectivity index (χ0n) is 10.6. The van der Waals surface area contributed by atoms with Crippen LogP contribution < -0.4 is 4.74 Å². The van der Waals surface area contributed by atoms with Crippen LogP contribution in [0.25, 0.3) is 0 Å². The van der Waals surface area contributed by atoms with Crippen LogP contribution in [0.15, 0.2) is 18.2 Å². The Morgan fingerprint density at radius 2 is 2.11 bits per heavy atom. The van der Waals surface area contributed by atoms with E-state index in [-0.39, 0.29) is 0 Å². The number of benzene rings is 1. The van der Waals surface area contributed by atoms with Gasteiger partial charge in [-0.1, -0.05) is 6.07 Å². The predicted molar refractivity (Wildman–Crippen MR) is 66.0 cm³/mol. The Morgan fingerprint density at radius 1 is 1.33 bits per heavy atom. The third kappa shape index (κ3) is 2.33. The molecule has 1 aromatic heterocycles. The summed E-state index contributed by atoms with van der Waals surface area (Å²) < 4.78 is 7.56. The van der Waals surface area contributed by atoms with Crippen molar-refractivity contribution in [1.82, 2.24) is 14.8 Å². The highest BCUT2D eigenvalue weighted by atomic mass is 16.5. The number of nitriles is 1. The second kappa shape index (κ2) is 4.88. The van der Waals surface area contributed by atoms with Crippen molar-refractivity contribution in [2.45, 2.75) is 20.5 Å². The van der Waals surface area contributed by atoms with Gasteiger partial charge >= 0.3 is 0 Å². The molecule has 5 heteroatoms. The highest BCUT2D eigenvalue weighted by Crippen LogP contribution is 2.20. The first-order valence-electron chi connectivity index (χ1n) is 5.60. The predicted octanol–water partition coefficient (Wildman–Crippen LogP) is 1.88. The Kier molecular flexibility index (Phi) is 3.28. The van der Waals surface area contributed by atoms with Crippen LogP contribution in [-0.4, -0.2) is 14.8 Å². The molecule has 0 unspecified atom stereocenters. The summed E-state index contributed by atoms with van der Waals surface area (Å²) in [7, 11) is 1.90. The number of aromatic nitrogens is 3. The van der Waals surface area contributed by atoms with E-state index in [1.807, 2.05) is 31.5 Å². The third-order valence-electron chi connectivity index (χ3n) is 2.86. The summed E-state index contributed by atoms with van der Waals surface area (Å²) in [5, 5.41) is 16.8. The second-order valence-electron chi connectivity index (χ2n) is 4.10. The lowest BCUT2D eigenvalue weighted by atomic mass is 10.1. The molecule has 0 bridgehead atoms. The summed E-state index contributed by atoms with van der Waals surface area (Å²) in [6.07, 6.45) is 0. The molecule has 0 saturated carbocycles. The Balaban J connectivity index is 2.15. The minimum Gasteiger partial charge on any atom is -0.485 e. The molecule has 5 nitrogen and oxygen atoms in total. The smallest absolute Gasteiger partial charge is 0.170 e. The highest BCUT2D eigenvalue weighted by molar-refractivity contribution is 5.41. The Bertz CT molecular complexity index is 610. The van der Waals surface area contributed by atoms with Gasteiger partial charge in [-0.05, 0) is 31.5 Å². The molecule has 1 aromatic carbocycles. The fourth-order valence-corrected chi connectivity index (χ4v) is 1.54.